The average molecular weight is 437 g/mol. The highest BCUT2D eigenvalue weighted by Gasteiger charge is 2.23. The standard InChI is InChI=1S/C25H28N2O3S/c1-18(2)20-11-13-22(14-12-20)26-25(28)17-24(21-7-5-4-6-8-21)27-31(29,30)23-15-9-19(3)10-16-23/h4-16,18,24,27H,17H2,1-3H3,(H,26,28)/t24-/m1/s1. The lowest BCUT2D eigenvalue weighted by Crippen LogP contribution is -2.31. The van der Waals surface area contributed by atoms with Crippen LogP contribution in [0.4, 0.5) is 5.69 Å². The molecule has 0 spiro atoms. The molecule has 0 saturated heterocycles. The van der Waals surface area contributed by atoms with Crippen LogP contribution in [-0.4, -0.2) is 14.3 Å². The van der Waals surface area contributed by atoms with Crippen molar-refractivity contribution in [2.24, 2.45) is 0 Å². The van der Waals surface area contributed by atoms with Crippen molar-refractivity contribution >= 4 is 21.6 Å². The maximum atomic E-state index is 12.9. The molecule has 0 radical (unpaired) electrons. The number of hydrogen-bond acceptors (Lipinski definition) is 3. The normalized spacial score (nSPS) is 12.5. The van der Waals surface area contributed by atoms with E-state index in [9.17, 15) is 13.2 Å². The van der Waals surface area contributed by atoms with E-state index >= 15 is 0 Å². The molecule has 0 heterocycles. The van der Waals surface area contributed by atoms with Crippen LogP contribution in [-0.2, 0) is 14.8 Å². The predicted molar refractivity (Wildman–Crippen MR) is 124 cm³/mol. The van der Waals surface area contributed by atoms with E-state index < -0.39 is 16.1 Å². The van der Waals surface area contributed by atoms with Crippen molar-refractivity contribution in [3.05, 3.63) is 95.6 Å². The zero-order valence-electron chi connectivity index (χ0n) is 18.0. The highest BCUT2D eigenvalue weighted by atomic mass is 32.2. The molecular formula is C25H28N2O3S. The number of benzene rings is 3. The Bertz CT molecular complexity index is 1110. The third-order valence-electron chi connectivity index (χ3n) is 5.08. The molecule has 162 valence electrons. The number of amides is 1. The monoisotopic (exact) mass is 436 g/mol. The SMILES string of the molecule is Cc1ccc(S(=O)(=O)N[C@H](CC(=O)Nc2ccc(C(C)C)cc2)c2ccccc2)cc1. The molecule has 3 aromatic carbocycles. The molecule has 5 nitrogen and oxygen atoms in total. The summed E-state index contributed by atoms with van der Waals surface area (Å²) in [5, 5.41) is 2.87. The fraction of sp³-hybridized carbons (Fsp3) is 0.240. The van der Waals surface area contributed by atoms with E-state index in [1.54, 1.807) is 24.3 Å². The summed E-state index contributed by atoms with van der Waals surface area (Å²) in [7, 11) is -3.79. The minimum absolute atomic E-state index is 0.0267. The number of rotatable bonds is 8. The molecule has 0 unspecified atom stereocenters. The number of aryl methyl sites for hydroxylation is 1. The zero-order chi connectivity index (χ0) is 22.4. The molecule has 3 aromatic rings. The van der Waals surface area contributed by atoms with Crippen LogP contribution in [0.1, 0.15) is 48.9 Å². The molecule has 0 aliphatic rings. The summed E-state index contributed by atoms with van der Waals surface area (Å²) in [6, 6.07) is 22.8. The van der Waals surface area contributed by atoms with Gasteiger partial charge in [-0.1, -0.05) is 74.0 Å². The first-order valence-corrected chi connectivity index (χ1v) is 11.8. The smallest absolute Gasteiger partial charge is 0.241 e. The van der Waals surface area contributed by atoms with E-state index in [1.165, 1.54) is 5.56 Å². The largest absolute Gasteiger partial charge is 0.326 e. The van der Waals surface area contributed by atoms with Crippen LogP contribution in [0.25, 0.3) is 0 Å². The van der Waals surface area contributed by atoms with Gasteiger partial charge in [-0.25, -0.2) is 13.1 Å². The Balaban J connectivity index is 1.78. The van der Waals surface area contributed by atoms with Crippen LogP contribution in [0.2, 0.25) is 0 Å². The lowest BCUT2D eigenvalue weighted by atomic mass is 10.0. The van der Waals surface area contributed by atoms with E-state index in [-0.39, 0.29) is 17.2 Å². The van der Waals surface area contributed by atoms with Crippen LogP contribution in [0.15, 0.2) is 83.8 Å². The Morgan fingerprint density at radius 2 is 1.45 bits per heavy atom. The Morgan fingerprint density at radius 3 is 2.03 bits per heavy atom. The first-order valence-electron chi connectivity index (χ1n) is 10.3. The van der Waals surface area contributed by atoms with Crippen molar-refractivity contribution < 1.29 is 13.2 Å². The second-order valence-corrected chi connectivity index (χ2v) is 9.64. The second kappa shape index (κ2) is 9.90. The average Bonchev–Trinajstić information content (AvgIpc) is 2.74. The fourth-order valence-corrected chi connectivity index (χ4v) is 4.46. The molecule has 0 aliphatic heterocycles. The molecule has 1 amide bonds. The topological polar surface area (TPSA) is 75.3 Å². The van der Waals surface area contributed by atoms with E-state index in [1.807, 2.05) is 61.5 Å². The quantitative estimate of drug-likeness (QED) is 0.512. The molecule has 3 rings (SSSR count). The number of sulfonamides is 1. The predicted octanol–water partition coefficient (Wildman–Crippen LogP) is 5.17. The van der Waals surface area contributed by atoms with Gasteiger partial charge in [-0.2, -0.15) is 0 Å². The van der Waals surface area contributed by atoms with E-state index in [0.29, 0.717) is 11.6 Å². The van der Waals surface area contributed by atoms with Crippen molar-refractivity contribution in [3.8, 4) is 0 Å². The van der Waals surface area contributed by atoms with Crippen molar-refractivity contribution in [3.63, 3.8) is 0 Å². The molecule has 6 heteroatoms. The Hall–Kier alpha value is -2.96. The molecule has 0 aliphatic carbocycles. The van der Waals surface area contributed by atoms with Crippen LogP contribution < -0.4 is 10.0 Å². The summed E-state index contributed by atoms with van der Waals surface area (Å²) in [5.41, 5.74) is 3.57. The van der Waals surface area contributed by atoms with Gasteiger partial charge in [-0.15, -0.1) is 0 Å². The summed E-state index contributed by atoms with van der Waals surface area (Å²) < 4.78 is 28.5. The van der Waals surface area contributed by atoms with Gasteiger partial charge in [0.05, 0.1) is 10.9 Å². The van der Waals surface area contributed by atoms with E-state index in [2.05, 4.69) is 23.9 Å². The van der Waals surface area contributed by atoms with Gasteiger partial charge >= 0.3 is 0 Å². The van der Waals surface area contributed by atoms with Crippen molar-refractivity contribution in [1.29, 1.82) is 0 Å². The number of nitrogens with one attached hydrogen (secondary N) is 2. The van der Waals surface area contributed by atoms with Gasteiger partial charge in [0.2, 0.25) is 15.9 Å². The van der Waals surface area contributed by atoms with Crippen molar-refractivity contribution in [2.45, 2.75) is 44.0 Å². The van der Waals surface area contributed by atoms with Gasteiger partial charge < -0.3 is 5.32 Å². The van der Waals surface area contributed by atoms with E-state index in [4.69, 9.17) is 0 Å². The molecule has 0 saturated carbocycles. The highest BCUT2D eigenvalue weighted by molar-refractivity contribution is 7.89. The molecule has 2 N–H and O–H groups in total. The zero-order valence-corrected chi connectivity index (χ0v) is 18.8. The molecule has 0 bridgehead atoms. The van der Waals surface area contributed by atoms with Crippen LogP contribution in [0.5, 0.6) is 0 Å². The lowest BCUT2D eigenvalue weighted by molar-refractivity contribution is -0.116. The van der Waals surface area contributed by atoms with Gasteiger partial charge in [-0.3, -0.25) is 4.79 Å². The summed E-state index contributed by atoms with van der Waals surface area (Å²) >= 11 is 0. The molecule has 1 atom stereocenters. The second-order valence-electron chi connectivity index (χ2n) is 7.93. The van der Waals surface area contributed by atoms with Crippen LogP contribution >= 0.6 is 0 Å². The Kier molecular flexibility index (Phi) is 7.25. The highest BCUT2D eigenvalue weighted by Crippen LogP contribution is 2.22. The number of carbonyl (C=O) groups excluding carboxylic acids is 1. The van der Waals surface area contributed by atoms with Crippen LogP contribution in [0, 0.1) is 6.92 Å². The van der Waals surface area contributed by atoms with Gasteiger partial charge in [0.25, 0.3) is 0 Å². The minimum Gasteiger partial charge on any atom is -0.326 e. The first-order chi connectivity index (χ1) is 14.7. The van der Waals surface area contributed by atoms with Crippen LogP contribution in [0.3, 0.4) is 0 Å². The Morgan fingerprint density at radius 1 is 0.839 bits per heavy atom. The Labute approximate surface area is 184 Å². The number of carbonyl (C=O) groups is 1. The number of anilines is 1. The van der Waals surface area contributed by atoms with Gasteiger partial charge in [0, 0.05) is 12.1 Å². The molecule has 0 fully saturated rings. The van der Waals surface area contributed by atoms with Gasteiger partial charge in [0.1, 0.15) is 0 Å². The fourth-order valence-electron chi connectivity index (χ4n) is 3.23. The third-order valence-corrected chi connectivity index (χ3v) is 6.57. The first kappa shape index (κ1) is 22.7. The maximum Gasteiger partial charge on any atom is 0.241 e. The van der Waals surface area contributed by atoms with Gasteiger partial charge in [-0.05, 0) is 48.2 Å². The summed E-state index contributed by atoms with van der Waals surface area (Å²) in [5.74, 6) is 0.140. The summed E-state index contributed by atoms with van der Waals surface area (Å²) in [6.45, 7) is 6.12. The summed E-state index contributed by atoms with van der Waals surface area (Å²) in [6.07, 6.45) is -0.0267. The molecule has 0 aromatic heterocycles. The minimum atomic E-state index is -3.79. The van der Waals surface area contributed by atoms with Crippen molar-refractivity contribution in [1.82, 2.24) is 4.72 Å². The molecular weight excluding hydrogens is 408 g/mol. The molecule has 31 heavy (non-hydrogen) atoms. The lowest BCUT2D eigenvalue weighted by Gasteiger charge is -2.19. The van der Waals surface area contributed by atoms with E-state index in [0.717, 1.165) is 11.1 Å². The summed E-state index contributed by atoms with van der Waals surface area (Å²) in [4.78, 5) is 12.9. The maximum absolute atomic E-state index is 12.9. The van der Waals surface area contributed by atoms with Crippen molar-refractivity contribution in [2.75, 3.05) is 5.32 Å². The number of hydrogen-bond donors (Lipinski definition) is 2. The van der Waals surface area contributed by atoms with Gasteiger partial charge in [0.15, 0.2) is 0 Å². The third kappa shape index (κ3) is 6.26.